The van der Waals surface area contributed by atoms with Crippen LogP contribution >= 0.6 is 0 Å². The van der Waals surface area contributed by atoms with Gasteiger partial charge in [0.2, 0.25) is 10.0 Å². The average Bonchev–Trinajstić information content (AvgIpc) is 3.02. The Kier molecular flexibility index (Phi) is 7.58. The van der Waals surface area contributed by atoms with Crippen LogP contribution in [-0.4, -0.2) is 64.4 Å². The number of guanidine groups is 1. The minimum absolute atomic E-state index is 0.142. The van der Waals surface area contributed by atoms with Gasteiger partial charge >= 0.3 is 0 Å². The van der Waals surface area contributed by atoms with Crippen LogP contribution in [0.25, 0.3) is 0 Å². The summed E-state index contributed by atoms with van der Waals surface area (Å²) in [7, 11) is -3.16. The molecule has 10 heteroatoms. The Balaban J connectivity index is 1.84. The van der Waals surface area contributed by atoms with Crippen molar-refractivity contribution in [1.29, 1.82) is 0 Å². The second-order valence-corrected chi connectivity index (χ2v) is 8.00. The number of aliphatic imine (C=N–C) groups is 1. The first-order chi connectivity index (χ1) is 12.4. The fourth-order valence-corrected chi connectivity index (χ4v) is 3.24. The molecule has 1 saturated heterocycles. The Hall–Kier alpha value is -1.94. The summed E-state index contributed by atoms with van der Waals surface area (Å²) in [4.78, 5) is 10.5. The van der Waals surface area contributed by atoms with Gasteiger partial charge in [-0.1, -0.05) is 0 Å². The second kappa shape index (κ2) is 9.67. The second-order valence-electron chi connectivity index (χ2n) is 6.17. The highest BCUT2D eigenvalue weighted by atomic mass is 32.2. The fraction of sp³-hybridized carbons (Fsp3) is 0.625. The van der Waals surface area contributed by atoms with Crippen molar-refractivity contribution in [2.45, 2.75) is 25.8 Å². The number of aromatic nitrogens is 1. The molecule has 1 aliphatic rings. The zero-order valence-electron chi connectivity index (χ0n) is 15.2. The molecule has 3 N–H and O–H groups in total. The molecule has 0 bridgehead atoms. The number of halogens is 1. The molecule has 1 unspecified atom stereocenters. The smallest absolute Gasteiger partial charge is 0.208 e. The third-order valence-corrected chi connectivity index (χ3v) is 4.61. The van der Waals surface area contributed by atoms with Crippen LogP contribution < -0.4 is 20.3 Å². The van der Waals surface area contributed by atoms with Gasteiger partial charge in [0.15, 0.2) is 17.6 Å². The van der Waals surface area contributed by atoms with Crippen LogP contribution in [-0.2, 0) is 10.0 Å². The van der Waals surface area contributed by atoms with E-state index < -0.39 is 10.0 Å². The highest BCUT2D eigenvalue weighted by Gasteiger charge is 2.25. The third-order valence-electron chi connectivity index (χ3n) is 3.88. The van der Waals surface area contributed by atoms with E-state index in [0.29, 0.717) is 37.8 Å². The lowest BCUT2D eigenvalue weighted by molar-refractivity contribution is 0.585. The van der Waals surface area contributed by atoms with E-state index in [9.17, 15) is 12.8 Å². The van der Waals surface area contributed by atoms with E-state index in [1.165, 1.54) is 6.07 Å². The maximum atomic E-state index is 13.9. The largest absolute Gasteiger partial charge is 0.357 e. The molecule has 0 radical (unpaired) electrons. The molecule has 8 nitrogen and oxygen atoms in total. The average molecular weight is 386 g/mol. The van der Waals surface area contributed by atoms with E-state index in [0.717, 1.165) is 25.8 Å². The highest BCUT2D eigenvalue weighted by Crippen LogP contribution is 2.20. The van der Waals surface area contributed by atoms with Gasteiger partial charge in [0.05, 0.1) is 6.26 Å². The topological polar surface area (TPSA) is 98.7 Å². The van der Waals surface area contributed by atoms with Crippen molar-refractivity contribution in [2.75, 3.05) is 43.9 Å². The molecule has 0 aromatic carbocycles. The van der Waals surface area contributed by atoms with Crippen LogP contribution in [0.5, 0.6) is 0 Å². The molecule has 2 heterocycles. The van der Waals surface area contributed by atoms with E-state index >= 15 is 0 Å². The van der Waals surface area contributed by atoms with E-state index in [-0.39, 0.29) is 11.9 Å². The van der Waals surface area contributed by atoms with E-state index in [1.54, 1.807) is 12.3 Å². The van der Waals surface area contributed by atoms with Crippen molar-refractivity contribution in [2.24, 2.45) is 4.99 Å². The van der Waals surface area contributed by atoms with E-state index in [4.69, 9.17) is 0 Å². The zero-order chi connectivity index (χ0) is 19.0. The van der Waals surface area contributed by atoms with E-state index in [1.807, 2.05) is 11.8 Å². The van der Waals surface area contributed by atoms with Gasteiger partial charge in [-0.3, -0.25) is 4.99 Å². The highest BCUT2D eigenvalue weighted by molar-refractivity contribution is 7.88. The summed E-state index contributed by atoms with van der Waals surface area (Å²) in [5.74, 6) is 0.748. The Morgan fingerprint density at radius 2 is 2.31 bits per heavy atom. The van der Waals surface area contributed by atoms with Gasteiger partial charge in [-0.2, -0.15) is 0 Å². The molecule has 1 atom stereocenters. The van der Waals surface area contributed by atoms with Gasteiger partial charge in [0, 0.05) is 45.0 Å². The van der Waals surface area contributed by atoms with Crippen LogP contribution in [0.2, 0.25) is 0 Å². The molecule has 26 heavy (non-hydrogen) atoms. The molecular formula is C16H27FN6O2S. The summed E-state index contributed by atoms with van der Waals surface area (Å²) in [6.45, 7) is 4.93. The standard InChI is InChI=1S/C16H27FN6O2S/c1-3-18-16(20-9-5-10-21-26(2,24)25)22-13-7-11-23(12-13)15-14(17)6-4-8-19-15/h4,6,8,13,21H,3,5,7,9-12H2,1-2H3,(H2,18,20,22). The molecule has 1 aliphatic heterocycles. The van der Waals surface area contributed by atoms with Crippen molar-refractivity contribution in [3.63, 3.8) is 0 Å². The summed E-state index contributed by atoms with van der Waals surface area (Å²) in [5, 5.41) is 6.53. The molecule has 1 fully saturated rings. The normalized spacial score (nSPS) is 18.2. The predicted octanol–water partition coefficient (Wildman–Crippen LogP) is 0.294. The lowest BCUT2D eigenvalue weighted by Crippen LogP contribution is -2.44. The van der Waals surface area contributed by atoms with Crippen molar-refractivity contribution in [1.82, 2.24) is 20.3 Å². The van der Waals surface area contributed by atoms with Gasteiger partial charge in [-0.25, -0.2) is 22.5 Å². The number of nitrogens with zero attached hydrogens (tertiary/aromatic N) is 3. The Morgan fingerprint density at radius 1 is 1.50 bits per heavy atom. The molecule has 2 rings (SSSR count). The van der Waals surface area contributed by atoms with Gasteiger partial charge in [-0.15, -0.1) is 0 Å². The number of nitrogens with one attached hydrogen (secondary N) is 3. The first-order valence-electron chi connectivity index (χ1n) is 8.74. The molecule has 146 valence electrons. The minimum atomic E-state index is -3.16. The number of rotatable bonds is 8. The summed E-state index contributed by atoms with van der Waals surface area (Å²) in [5.41, 5.74) is 0. The zero-order valence-corrected chi connectivity index (χ0v) is 16.0. The van der Waals surface area contributed by atoms with Crippen molar-refractivity contribution in [3.05, 3.63) is 24.1 Å². The number of anilines is 1. The molecule has 0 spiro atoms. The quantitative estimate of drug-likeness (QED) is 0.338. The number of hydrogen-bond acceptors (Lipinski definition) is 5. The van der Waals surface area contributed by atoms with Gasteiger partial charge in [-0.05, 0) is 31.9 Å². The van der Waals surface area contributed by atoms with Gasteiger partial charge < -0.3 is 15.5 Å². The molecule has 1 aromatic rings. The van der Waals surface area contributed by atoms with Crippen LogP contribution in [0.1, 0.15) is 19.8 Å². The molecule has 0 saturated carbocycles. The van der Waals surface area contributed by atoms with Crippen molar-refractivity contribution in [3.8, 4) is 0 Å². The number of pyridine rings is 1. The van der Waals surface area contributed by atoms with Crippen LogP contribution in [0, 0.1) is 5.82 Å². The maximum Gasteiger partial charge on any atom is 0.208 e. The Morgan fingerprint density at radius 3 is 3.00 bits per heavy atom. The summed E-state index contributed by atoms with van der Waals surface area (Å²) >= 11 is 0. The van der Waals surface area contributed by atoms with Crippen molar-refractivity contribution < 1.29 is 12.8 Å². The lowest BCUT2D eigenvalue weighted by Gasteiger charge is -2.19. The molecule has 0 amide bonds. The van der Waals surface area contributed by atoms with Crippen LogP contribution in [0.15, 0.2) is 23.3 Å². The lowest BCUT2D eigenvalue weighted by atomic mass is 10.3. The minimum Gasteiger partial charge on any atom is -0.357 e. The molecular weight excluding hydrogens is 359 g/mol. The monoisotopic (exact) mass is 386 g/mol. The number of hydrogen-bond donors (Lipinski definition) is 3. The fourth-order valence-electron chi connectivity index (χ4n) is 2.72. The summed E-state index contributed by atoms with van der Waals surface area (Å²) < 4.78 is 38.4. The maximum absolute atomic E-state index is 13.9. The third kappa shape index (κ3) is 6.75. The first kappa shape index (κ1) is 20.4. The first-order valence-corrected chi connectivity index (χ1v) is 10.6. The molecule has 1 aromatic heterocycles. The van der Waals surface area contributed by atoms with Gasteiger partial charge in [0.1, 0.15) is 0 Å². The van der Waals surface area contributed by atoms with E-state index in [2.05, 4.69) is 25.3 Å². The predicted molar refractivity (Wildman–Crippen MR) is 101 cm³/mol. The Labute approximate surface area is 154 Å². The Bertz CT molecular complexity index is 712. The van der Waals surface area contributed by atoms with Gasteiger partial charge in [0.25, 0.3) is 0 Å². The van der Waals surface area contributed by atoms with Crippen LogP contribution in [0.4, 0.5) is 10.2 Å². The number of sulfonamides is 1. The SMILES string of the molecule is CCNC(=NCCCNS(C)(=O)=O)NC1CCN(c2ncccc2F)C1. The van der Waals surface area contributed by atoms with Crippen LogP contribution in [0.3, 0.4) is 0 Å². The summed E-state index contributed by atoms with van der Waals surface area (Å²) in [6.07, 6.45) is 4.20. The van der Waals surface area contributed by atoms with Crippen molar-refractivity contribution >= 4 is 21.8 Å². The summed E-state index contributed by atoms with van der Waals surface area (Å²) in [6, 6.07) is 3.14. The molecule has 0 aliphatic carbocycles.